The third-order valence-corrected chi connectivity index (χ3v) is 3.30. The average molecular weight is 366 g/mol. The van der Waals surface area contributed by atoms with E-state index in [9.17, 15) is 9.18 Å². The van der Waals surface area contributed by atoms with Crippen LogP contribution >= 0.6 is 34.8 Å². The van der Waals surface area contributed by atoms with Crippen LogP contribution in [0.4, 0.5) is 4.39 Å². The van der Waals surface area contributed by atoms with Crippen molar-refractivity contribution in [1.82, 2.24) is 4.90 Å². The Balaban J connectivity index is 2.78. The van der Waals surface area contributed by atoms with Gasteiger partial charge in [0.1, 0.15) is 5.82 Å². The molecule has 0 atom stereocenters. The summed E-state index contributed by atoms with van der Waals surface area (Å²) in [5.41, 5.74) is 5.86. The van der Waals surface area contributed by atoms with Crippen molar-refractivity contribution >= 4 is 45.7 Å². The lowest BCUT2D eigenvalue weighted by molar-refractivity contribution is 0.0798. The van der Waals surface area contributed by atoms with Crippen LogP contribution in [0.15, 0.2) is 18.2 Å². The number of rotatable bonds is 4. The van der Waals surface area contributed by atoms with E-state index in [0.717, 1.165) is 0 Å². The van der Waals surface area contributed by atoms with Gasteiger partial charge in [-0.05, 0) is 40.8 Å². The highest BCUT2D eigenvalue weighted by Gasteiger charge is 2.15. The molecule has 0 aromatic heterocycles. The van der Waals surface area contributed by atoms with Gasteiger partial charge in [0, 0.05) is 23.6 Å². The molecule has 92 valence electrons. The van der Waals surface area contributed by atoms with Crippen molar-refractivity contribution < 1.29 is 9.18 Å². The van der Waals surface area contributed by atoms with E-state index in [4.69, 9.17) is 18.0 Å². The van der Waals surface area contributed by atoms with Crippen LogP contribution in [0.5, 0.6) is 0 Å². The summed E-state index contributed by atoms with van der Waals surface area (Å²) in [5.74, 6) is -0.512. The van der Waals surface area contributed by atoms with Crippen LogP contribution in [0.2, 0.25) is 0 Å². The van der Waals surface area contributed by atoms with Crippen LogP contribution in [-0.2, 0) is 0 Å². The molecule has 0 aliphatic heterocycles. The molecule has 0 aliphatic rings. The molecular weight excluding hydrogens is 354 g/mol. The van der Waals surface area contributed by atoms with Crippen molar-refractivity contribution in [3.63, 3.8) is 0 Å². The molecule has 1 aromatic carbocycles. The molecule has 1 aromatic rings. The Hall–Kier alpha value is -0.760. The van der Waals surface area contributed by atoms with Gasteiger partial charge in [-0.3, -0.25) is 4.79 Å². The van der Waals surface area contributed by atoms with Crippen LogP contribution in [0.3, 0.4) is 0 Å². The predicted molar refractivity (Wildman–Crippen MR) is 77.5 cm³/mol. The molecule has 0 unspecified atom stereocenters. The quantitative estimate of drug-likeness (QED) is 0.657. The fourth-order valence-electron chi connectivity index (χ4n) is 1.25. The second-order valence-corrected chi connectivity index (χ2v) is 5.25. The summed E-state index contributed by atoms with van der Waals surface area (Å²) >= 11 is 6.69. The van der Waals surface area contributed by atoms with Crippen LogP contribution < -0.4 is 5.73 Å². The maximum Gasteiger partial charge on any atom is 0.254 e. The molecule has 0 bridgehead atoms. The number of halogens is 2. The number of thiocarbonyl (C=S) groups is 1. The number of nitrogens with zero attached hydrogens (tertiary/aromatic N) is 1. The lowest BCUT2D eigenvalue weighted by Crippen LogP contribution is -2.30. The standard InChI is InChI=1S/C11H12FIN2OS/c1-15(5-4-10(14)17)11(16)8-3-2-7(12)6-9(8)13/h2-3,6H,4-5H2,1H3,(H2,14,17). The summed E-state index contributed by atoms with van der Waals surface area (Å²) in [5, 5.41) is 0. The molecule has 3 nitrogen and oxygen atoms in total. The Morgan fingerprint density at radius 3 is 2.76 bits per heavy atom. The predicted octanol–water partition coefficient (Wildman–Crippen LogP) is 2.18. The van der Waals surface area contributed by atoms with Gasteiger partial charge in [0.15, 0.2) is 0 Å². The first-order valence-corrected chi connectivity index (χ1v) is 6.39. The van der Waals surface area contributed by atoms with Gasteiger partial charge in [0.2, 0.25) is 0 Å². The first-order chi connectivity index (χ1) is 7.91. The molecule has 0 fully saturated rings. The number of hydrogen-bond donors (Lipinski definition) is 1. The molecule has 0 saturated carbocycles. The average Bonchev–Trinajstić information content (AvgIpc) is 2.25. The van der Waals surface area contributed by atoms with Gasteiger partial charge in [-0.1, -0.05) is 12.2 Å². The highest BCUT2D eigenvalue weighted by Crippen LogP contribution is 2.15. The number of benzene rings is 1. The van der Waals surface area contributed by atoms with Gasteiger partial charge in [-0.25, -0.2) is 4.39 Å². The molecule has 2 N–H and O–H groups in total. The molecule has 0 radical (unpaired) electrons. The number of carbonyl (C=O) groups excluding carboxylic acids is 1. The van der Waals surface area contributed by atoms with Crippen molar-refractivity contribution in [2.75, 3.05) is 13.6 Å². The van der Waals surface area contributed by atoms with E-state index in [-0.39, 0.29) is 11.7 Å². The molecule has 0 saturated heterocycles. The molecule has 6 heteroatoms. The minimum absolute atomic E-state index is 0.161. The normalized spacial score (nSPS) is 10.1. The van der Waals surface area contributed by atoms with Crippen molar-refractivity contribution in [3.05, 3.63) is 33.1 Å². The van der Waals surface area contributed by atoms with Gasteiger partial charge in [0.05, 0.1) is 10.6 Å². The Kier molecular flexibility index (Phi) is 5.26. The van der Waals surface area contributed by atoms with E-state index in [0.29, 0.717) is 27.1 Å². The fraction of sp³-hybridized carbons (Fsp3) is 0.273. The molecule has 0 aliphatic carbocycles. The van der Waals surface area contributed by atoms with Crippen molar-refractivity contribution in [2.45, 2.75) is 6.42 Å². The summed E-state index contributed by atoms with van der Waals surface area (Å²) < 4.78 is 13.5. The van der Waals surface area contributed by atoms with E-state index < -0.39 is 0 Å². The number of nitrogens with two attached hydrogens (primary N) is 1. The molecule has 0 spiro atoms. The molecule has 1 amide bonds. The van der Waals surface area contributed by atoms with Crippen molar-refractivity contribution in [2.24, 2.45) is 5.73 Å². The van der Waals surface area contributed by atoms with Gasteiger partial charge >= 0.3 is 0 Å². The van der Waals surface area contributed by atoms with Gasteiger partial charge in [-0.2, -0.15) is 0 Å². The summed E-state index contributed by atoms with van der Waals surface area (Å²) in [6.45, 7) is 0.460. The van der Waals surface area contributed by atoms with E-state index in [1.165, 1.54) is 23.1 Å². The maximum absolute atomic E-state index is 12.9. The topological polar surface area (TPSA) is 46.3 Å². The Morgan fingerprint density at radius 1 is 1.59 bits per heavy atom. The Labute approximate surface area is 118 Å². The largest absolute Gasteiger partial charge is 0.393 e. The van der Waals surface area contributed by atoms with Crippen LogP contribution in [0, 0.1) is 9.39 Å². The van der Waals surface area contributed by atoms with E-state index in [2.05, 4.69) is 0 Å². The van der Waals surface area contributed by atoms with E-state index >= 15 is 0 Å². The lowest BCUT2D eigenvalue weighted by atomic mass is 10.2. The summed E-state index contributed by atoms with van der Waals surface area (Å²) in [4.78, 5) is 13.9. The third-order valence-electron chi connectivity index (χ3n) is 2.20. The number of amides is 1. The molecule has 1 rings (SSSR count). The monoisotopic (exact) mass is 366 g/mol. The zero-order valence-electron chi connectivity index (χ0n) is 9.24. The summed E-state index contributed by atoms with van der Waals surface area (Å²) in [7, 11) is 1.67. The molecule has 17 heavy (non-hydrogen) atoms. The smallest absolute Gasteiger partial charge is 0.254 e. The van der Waals surface area contributed by atoms with E-state index in [1.54, 1.807) is 7.05 Å². The van der Waals surface area contributed by atoms with Gasteiger partial charge in [0.25, 0.3) is 5.91 Å². The second kappa shape index (κ2) is 6.25. The molecule has 0 heterocycles. The highest BCUT2D eigenvalue weighted by molar-refractivity contribution is 14.1. The zero-order valence-corrected chi connectivity index (χ0v) is 12.2. The maximum atomic E-state index is 12.9. The van der Waals surface area contributed by atoms with Crippen LogP contribution in [0.1, 0.15) is 16.8 Å². The van der Waals surface area contributed by atoms with Crippen LogP contribution in [0.25, 0.3) is 0 Å². The fourth-order valence-corrected chi connectivity index (χ4v) is 2.05. The minimum Gasteiger partial charge on any atom is -0.393 e. The number of hydrogen-bond acceptors (Lipinski definition) is 2. The Bertz CT molecular complexity index is 453. The molecular formula is C11H12FIN2OS. The first kappa shape index (κ1) is 14.3. The van der Waals surface area contributed by atoms with Crippen LogP contribution in [-0.4, -0.2) is 29.4 Å². The first-order valence-electron chi connectivity index (χ1n) is 4.90. The second-order valence-electron chi connectivity index (χ2n) is 3.57. The summed E-state index contributed by atoms with van der Waals surface area (Å²) in [6, 6.07) is 4.09. The van der Waals surface area contributed by atoms with Crippen molar-refractivity contribution in [1.29, 1.82) is 0 Å². The third kappa shape index (κ3) is 4.19. The zero-order chi connectivity index (χ0) is 13.0. The van der Waals surface area contributed by atoms with E-state index in [1.807, 2.05) is 22.6 Å². The van der Waals surface area contributed by atoms with Crippen molar-refractivity contribution in [3.8, 4) is 0 Å². The van der Waals surface area contributed by atoms with Gasteiger partial charge in [-0.15, -0.1) is 0 Å². The lowest BCUT2D eigenvalue weighted by Gasteiger charge is -2.17. The minimum atomic E-state index is -0.350. The Morgan fingerprint density at radius 2 is 2.24 bits per heavy atom. The summed E-state index contributed by atoms with van der Waals surface area (Å²) in [6.07, 6.45) is 0.481. The highest BCUT2D eigenvalue weighted by atomic mass is 127. The van der Waals surface area contributed by atoms with Gasteiger partial charge < -0.3 is 10.6 Å². The number of carbonyl (C=O) groups is 1. The SMILES string of the molecule is CN(CCC(N)=S)C(=O)c1ccc(F)cc1I.